The van der Waals surface area contributed by atoms with Crippen LogP contribution in [0.1, 0.15) is 48.9 Å². The van der Waals surface area contributed by atoms with Gasteiger partial charge in [-0.05, 0) is 44.6 Å². The summed E-state index contributed by atoms with van der Waals surface area (Å²) in [6, 6.07) is 10.3. The molecule has 1 saturated carbocycles. The number of aryl methyl sites for hydroxylation is 2. The van der Waals surface area contributed by atoms with Gasteiger partial charge in [-0.15, -0.1) is 6.42 Å². The number of aromatic nitrogens is 4. The number of hydrogen-bond donors (Lipinski definition) is 2. The van der Waals surface area contributed by atoms with Crippen molar-refractivity contribution in [1.82, 2.24) is 19.6 Å². The smallest absolute Gasteiger partial charge is 0.254 e. The van der Waals surface area contributed by atoms with Crippen molar-refractivity contribution in [2.45, 2.75) is 51.0 Å². The van der Waals surface area contributed by atoms with Crippen LogP contribution in [0.25, 0.3) is 5.78 Å². The zero-order chi connectivity index (χ0) is 20.7. The zero-order valence-electron chi connectivity index (χ0n) is 16.6. The van der Waals surface area contributed by atoms with E-state index in [4.69, 9.17) is 12.2 Å². The number of hydrogen-bond acceptors (Lipinski definition) is 5. The highest BCUT2D eigenvalue weighted by atomic mass is 16.3. The summed E-state index contributed by atoms with van der Waals surface area (Å²) in [4.78, 5) is 8.37. The van der Waals surface area contributed by atoms with Crippen LogP contribution >= 0.6 is 0 Å². The summed E-state index contributed by atoms with van der Waals surface area (Å²) >= 11 is 0. The van der Waals surface area contributed by atoms with Crippen molar-refractivity contribution in [2.75, 3.05) is 5.73 Å². The van der Waals surface area contributed by atoms with E-state index in [9.17, 15) is 5.11 Å². The molecule has 0 bridgehead atoms. The molecular formula is C23H25N5O. The molecule has 3 aromatic rings. The van der Waals surface area contributed by atoms with Gasteiger partial charge in [0.2, 0.25) is 0 Å². The average Bonchev–Trinajstić information content (AvgIpc) is 3.38. The fourth-order valence-electron chi connectivity index (χ4n) is 3.24. The second kappa shape index (κ2) is 9.23. The summed E-state index contributed by atoms with van der Waals surface area (Å²) in [7, 11) is 0. The summed E-state index contributed by atoms with van der Waals surface area (Å²) in [5, 5.41) is 13.3. The fraction of sp³-hybridized carbons (Fsp3) is 0.348. The van der Waals surface area contributed by atoms with Gasteiger partial charge in [0.1, 0.15) is 17.7 Å². The maximum atomic E-state index is 9.26. The second-order valence-electron chi connectivity index (χ2n) is 7.10. The van der Waals surface area contributed by atoms with Crippen LogP contribution in [-0.2, 0) is 6.42 Å². The Morgan fingerprint density at radius 2 is 1.97 bits per heavy atom. The lowest BCUT2D eigenvalue weighted by atomic mass is 10.1. The minimum Gasteiger partial charge on any atom is -0.382 e. The van der Waals surface area contributed by atoms with Crippen molar-refractivity contribution >= 4 is 11.6 Å². The highest BCUT2D eigenvalue weighted by molar-refractivity contribution is 5.57. The molecule has 1 aromatic carbocycles. The maximum absolute atomic E-state index is 9.26. The van der Waals surface area contributed by atoms with Crippen molar-refractivity contribution in [3.05, 3.63) is 53.5 Å². The Labute approximate surface area is 171 Å². The molecule has 0 amide bonds. The number of rotatable bonds is 2. The van der Waals surface area contributed by atoms with Crippen molar-refractivity contribution in [3.63, 3.8) is 0 Å². The number of benzene rings is 1. The minimum absolute atomic E-state index is 0.488. The van der Waals surface area contributed by atoms with Crippen molar-refractivity contribution < 1.29 is 5.11 Å². The first-order chi connectivity index (χ1) is 14.0. The lowest BCUT2D eigenvalue weighted by molar-refractivity contribution is 0.110. The second-order valence-corrected chi connectivity index (χ2v) is 7.10. The van der Waals surface area contributed by atoms with Gasteiger partial charge in [0, 0.05) is 6.42 Å². The SMILES string of the molecule is C#CC1(O)CCCC1.Cc1nc2ncnn2c(N)c1C#CCCc1ccccc1. The van der Waals surface area contributed by atoms with Crippen molar-refractivity contribution in [1.29, 1.82) is 0 Å². The van der Waals surface area contributed by atoms with Crippen LogP contribution in [-0.4, -0.2) is 30.3 Å². The molecule has 2 aromatic heterocycles. The summed E-state index contributed by atoms with van der Waals surface area (Å²) < 4.78 is 1.51. The molecule has 6 heteroatoms. The molecule has 0 radical (unpaired) electrons. The van der Waals surface area contributed by atoms with Crippen molar-refractivity contribution in [3.8, 4) is 24.2 Å². The van der Waals surface area contributed by atoms with Crippen LogP contribution in [0.3, 0.4) is 0 Å². The summed E-state index contributed by atoms with van der Waals surface area (Å²) in [5.41, 5.74) is 8.12. The van der Waals surface area contributed by atoms with E-state index in [1.807, 2.05) is 25.1 Å². The lowest BCUT2D eigenvalue weighted by Gasteiger charge is -2.11. The number of nitrogen functional groups attached to an aromatic ring is 1. The third kappa shape index (κ3) is 5.13. The molecule has 0 unspecified atom stereocenters. The quantitative estimate of drug-likeness (QED) is 0.660. The van der Waals surface area contributed by atoms with E-state index in [0.29, 0.717) is 11.6 Å². The fourth-order valence-corrected chi connectivity index (χ4v) is 3.24. The standard InChI is InChI=1S/C16H15N5.C7H10O/c1-12-14(15(17)21-16(20-12)18-11-19-21)10-6-5-9-13-7-3-2-4-8-13;1-2-7(8)5-3-4-6-7/h2-4,7-8,11H,5,9,17H2,1H3;1,8H,3-6H2. The normalized spacial score (nSPS) is 14.4. The Balaban J connectivity index is 0.000000252. The maximum Gasteiger partial charge on any atom is 0.254 e. The number of aliphatic hydroxyl groups is 1. The predicted molar refractivity (Wildman–Crippen MR) is 114 cm³/mol. The average molecular weight is 387 g/mol. The lowest BCUT2D eigenvalue weighted by Crippen LogP contribution is -2.20. The minimum atomic E-state index is -0.736. The molecule has 3 N–H and O–H groups in total. The van der Waals surface area contributed by atoms with Gasteiger partial charge in [-0.3, -0.25) is 0 Å². The van der Waals surface area contributed by atoms with E-state index in [-0.39, 0.29) is 0 Å². The molecular weight excluding hydrogens is 362 g/mol. The van der Waals surface area contributed by atoms with Crippen LogP contribution in [0, 0.1) is 31.1 Å². The molecule has 6 nitrogen and oxygen atoms in total. The van der Waals surface area contributed by atoms with E-state index in [1.54, 1.807) is 0 Å². The van der Waals surface area contributed by atoms with Gasteiger partial charge in [-0.2, -0.15) is 14.6 Å². The van der Waals surface area contributed by atoms with Gasteiger partial charge < -0.3 is 10.8 Å². The van der Waals surface area contributed by atoms with E-state index < -0.39 is 5.60 Å². The van der Waals surface area contributed by atoms with E-state index in [1.165, 1.54) is 16.4 Å². The summed E-state index contributed by atoms with van der Waals surface area (Å²) in [6.07, 6.45) is 12.0. The van der Waals surface area contributed by atoms with E-state index in [0.717, 1.165) is 49.8 Å². The Morgan fingerprint density at radius 1 is 1.24 bits per heavy atom. The molecule has 0 aliphatic heterocycles. The van der Waals surface area contributed by atoms with Gasteiger partial charge in [0.25, 0.3) is 5.78 Å². The molecule has 1 aliphatic rings. The number of fused-ring (bicyclic) bond motifs is 1. The third-order valence-corrected chi connectivity index (χ3v) is 4.94. The zero-order valence-corrected chi connectivity index (χ0v) is 16.6. The first-order valence-electron chi connectivity index (χ1n) is 9.71. The molecule has 2 heterocycles. The first-order valence-corrected chi connectivity index (χ1v) is 9.71. The molecule has 0 saturated heterocycles. The van der Waals surface area contributed by atoms with E-state index >= 15 is 0 Å². The van der Waals surface area contributed by atoms with Crippen LogP contribution in [0.15, 0.2) is 36.7 Å². The topological polar surface area (TPSA) is 89.3 Å². The molecule has 1 aliphatic carbocycles. The van der Waals surface area contributed by atoms with Gasteiger partial charge in [0.15, 0.2) is 0 Å². The predicted octanol–water partition coefficient (Wildman–Crippen LogP) is 2.92. The Morgan fingerprint density at radius 3 is 2.62 bits per heavy atom. The first kappa shape index (κ1) is 20.4. The monoisotopic (exact) mass is 387 g/mol. The summed E-state index contributed by atoms with van der Waals surface area (Å²) in [6.45, 7) is 1.88. The van der Waals surface area contributed by atoms with E-state index in [2.05, 4.69) is 45.0 Å². The molecule has 4 rings (SSSR count). The molecule has 0 atom stereocenters. The van der Waals surface area contributed by atoms with Gasteiger partial charge in [-0.25, -0.2) is 4.98 Å². The highest BCUT2D eigenvalue weighted by Gasteiger charge is 2.27. The Bertz CT molecular complexity index is 1060. The number of nitrogens with zero attached hydrogens (tertiary/aromatic N) is 4. The number of terminal acetylenes is 1. The van der Waals surface area contributed by atoms with Crippen molar-refractivity contribution in [2.24, 2.45) is 0 Å². The molecule has 29 heavy (non-hydrogen) atoms. The van der Waals surface area contributed by atoms with Crippen LogP contribution in [0.2, 0.25) is 0 Å². The number of nitrogens with two attached hydrogens (primary N) is 1. The van der Waals surface area contributed by atoms with Gasteiger partial charge in [-0.1, -0.05) is 48.1 Å². The molecule has 0 spiro atoms. The summed E-state index contributed by atoms with van der Waals surface area (Å²) in [5.74, 6) is 9.65. The van der Waals surface area contributed by atoms with Crippen LogP contribution < -0.4 is 5.73 Å². The van der Waals surface area contributed by atoms with Crippen LogP contribution in [0.5, 0.6) is 0 Å². The van der Waals surface area contributed by atoms with Gasteiger partial charge >= 0.3 is 0 Å². The molecule has 148 valence electrons. The largest absolute Gasteiger partial charge is 0.382 e. The molecule has 1 fully saturated rings. The Kier molecular flexibility index (Phi) is 6.49. The van der Waals surface area contributed by atoms with Crippen LogP contribution in [0.4, 0.5) is 5.82 Å². The van der Waals surface area contributed by atoms with Gasteiger partial charge in [0.05, 0.1) is 11.3 Å². The Hall–Kier alpha value is -3.35. The number of anilines is 1. The highest BCUT2D eigenvalue weighted by Crippen LogP contribution is 2.28. The third-order valence-electron chi connectivity index (χ3n) is 4.94.